The van der Waals surface area contributed by atoms with E-state index in [0.29, 0.717) is 12.8 Å². The Kier molecular flexibility index (Phi) is 6.51. The van der Waals surface area contributed by atoms with Gasteiger partial charge in [0.2, 0.25) is 0 Å². The average Bonchev–Trinajstić information content (AvgIpc) is 3.21. The second-order valence-electron chi connectivity index (χ2n) is 10.0. The zero-order chi connectivity index (χ0) is 22.8. The van der Waals surface area contributed by atoms with E-state index >= 15 is 0 Å². The summed E-state index contributed by atoms with van der Waals surface area (Å²) in [4.78, 5) is 2.54. The van der Waals surface area contributed by atoms with Gasteiger partial charge in [-0.25, -0.2) is 0 Å². The highest BCUT2D eigenvalue weighted by atomic mass is 19.4. The predicted molar refractivity (Wildman–Crippen MR) is 127 cm³/mol. The summed E-state index contributed by atoms with van der Waals surface area (Å²) >= 11 is 0. The molecule has 1 heterocycles. The number of nitrogens with zero attached hydrogens (tertiary/aromatic N) is 1. The lowest BCUT2D eigenvalue weighted by molar-refractivity contribution is -0.144. The maximum atomic E-state index is 12.7. The lowest BCUT2D eigenvalue weighted by Crippen LogP contribution is -2.42. The number of alkyl halides is 3. The molecular formula is C28H33F3N2. The van der Waals surface area contributed by atoms with Gasteiger partial charge >= 0.3 is 6.18 Å². The number of benzene rings is 2. The van der Waals surface area contributed by atoms with Crippen molar-refractivity contribution < 1.29 is 13.2 Å². The molecule has 2 aromatic carbocycles. The van der Waals surface area contributed by atoms with E-state index in [1.54, 1.807) is 5.57 Å². The van der Waals surface area contributed by atoms with Crippen molar-refractivity contribution in [1.82, 2.24) is 10.2 Å². The zero-order valence-corrected chi connectivity index (χ0v) is 19.1. The molecule has 2 saturated carbocycles. The highest BCUT2D eigenvalue weighted by Gasteiger charge is 2.36. The number of allylic oxidation sites excluding steroid dienone is 1. The SMILES string of the molecule is FC(F)(F)CC1CCC(c2ccc(-c3ccc(CN4CCNCC4=C4CCC4)cc3)cc2)C1. The number of hydrogen-bond acceptors (Lipinski definition) is 2. The number of hydrogen-bond donors (Lipinski definition) is 1. The molecule has 1 saturated heterocycles. The van der Waals surface area contributed by atoms with Gasteiger partial charge < -0.3 is 10.2 Å². The van der Waals surface area contributed by atoms with Gasteiger partial charge in [-0.15, -0.1) is 0 Å². The summed E-state index contributed by atoms with van der Waals surface area (Å²) in [5.41, 5.74) is 7.99. The third-order valence-corrected chi connectivity index (χ3v) is 7.70. The van der Waals surface area contributed by atoms with Crippen LogP contribution in [0.25, 0.3) is 11.1 Å². The van der Waals surface area contributed by atoms with Crippen LogP contribution in [0.15, 0.2) is 59.8 Å². The van der Waals surface area contributed by atoms with Crippen molar-refractivity contribution >= 4 is 0 Å². The predicted octanol–water partition coefficient (Wildman–Crippen LogP) is 7.03. The minimum Gasteiger partial charge on any atom is -0.368 e. The molecule has 0 radical (unpaired) electrons. The first-order chi connectivity index (χ1) is 15.9. The van der Waals surface area contributed by atoms with E-state index in [9.17, 15) is 13.2 Å². The maximum absolute atomic E-state index is 12.7. The van der Waals surface area contributed by atoms with E-state index in [-0.39, 0.29) is 11.8 Å². The van der Waals surface area contributed by atoms with E-state index < -0.39 is 12.6 Å². The molecule has 3 fully saturated rings. The Balaban J connectivity index is 1.21. The fraction of sp³-hybridized carbons (Fsp3) is 0.500. The molecule has 0 amide bonds. The van der Waals surface area contributed by atoms with Crippen LogP contribution < -0.4 is 5.32 Å². The quantitative estimate of drug-likeness (QED) is 0.522. The monoisotopic (exact) mass is 454 g/mol. The summed E-state index contributed by atoms with van der Waals surface area (Å²) < 4.78 is 38.1. The first-order valence-electron chi connectivity index (χ1n) is 12.4. The molecule has 2 nitrogen and oxygen atoms in total. The average molecular weight is 455 g/mol. The molecule has 2 aromatic rings. The lowest BCUT2D eigenvalue weighted by Gasteiger charge is -2.36. The normalized spacial score (nSPS) is 23.7. The summed E-state index contributed by atoms with van der Waals surface area (Å²) in [6.07, 6.45) is 1.35. The van der Waals surface area contributed by atoms with Gasteiger partial charge in [-0.05, 0) is 78.2 Å². The molecule has 5 heteroatoms. The molecule has 0 spiro atoms. The van der Waals surface area contributed by atoms with Crippen molar-refractivity contribution in [3.05, 3.63) is 70.9 Å². The van der Waals surface area contributed by atoms with Gasteiger partial charge in [0.1, 0.15) is 0 Å². The largest absolute Gasteiger partial charge is 0.389 e. The molecule has 33 heavy (non-hydrogen) atoms. The minimum absolute atomic E-state index is 0.224. The Morgan fingerprint density at radius 2 is 1.61 bits per heavy atom. The van der Waals surface area contributed by atoms with Crippen molar-refractivity contribution in [2.24, 2.45) is 5.92 Å². The van der Waals surface area contributed by atoms with Crippen molar-refractivity contribution in [2.45, 2.75) is 63.6 Å². The topological polar surface area (TPSA) is 15.3 Å². The van der Waals surface area contributed by atoms with Crippen LogP contribution in [0.2, 0.25) is 0 Å². The van der Waals surface area contributed by atoms with Crippen LogP contribution in [-0.2, 0) is 6.54 Å². The zero-order valence-electron chi connectivity index (χ0n) is 19.1. The van der Waals surface area contributed by atoms with Crippen LogP contribution in [0.1, 0.15) is 62.0 Å². The van der Waals surface area contributed by atoms with E-state index in [4.69, 9.17) is 0 Å². The lowest BCUT2D eigenvalue weighted by atomic mass is 9.89. The number of rotatable bonds is 5. The van der Waals surface area contributed by atoms with E-state index in [0.717, 1.165) is 38.2 Å². The molecule has 176 valence electrons. The Labute approximate surface area is 194 Å². The standard InChI is InChI=1S/C28H33F3N2/c29-28(30,31)17-21-6-9-26(16-21)24-12-10-23(11-13-24)22-7-4-20(5-8-22)19-33-15-14-32-18-27(33)25-2-1-3-25/h4-5,7-8,10-13,21,26,32H,1-3,6,9,14-19H2. The van der Waals surface area contributed by atoms with E-state index in [2.05, 4.69) is 58.7 Å². The molecule has 0 bridgehead atoms. The fourth-order valence-electron chi connectivity index (χ4n) is 5.69. The molecule has 5 rings (SSSR count). The van der Waals surface area contributed by atoms with Crippen LogP contribution in [0.4, 0.5) is 13.2 Å². The van der Waals surface area contributed by atoms with Gasteiger partial charge in [0.15, 0.2) is 0 Å². The van der Waals surface area contributed by atoms with Crippen molar-refractivity contribution in [3.63, 3.8) is 0 Å². The molecule has 1 N–H and O–H groups in total. The first kappa shape index (κ1) is 22.5. The third kappa shape index (κ3) is 5.46. The Bertz CT molecular complexity index is 970. The Hall–Kier alpha value is -2.27. The third-order valence-electron chi connectivity index (χ3n) is 7.70. The van der Waals surface area contributed by atoms with Gasteiger partial charge in [0, 0.05) is 38.3 Å². The summed E-state index contributed by atoms with van der Waals surface area (Å²) in [5.74, 6) is 0.0325. The Morgan fingerprint density at radius 3 is 2.24 bits per heavy atom. The van der Waals surface area contributed by atoms with Gasteiger partial charge in [0.25, 0.3) is 0 Å². The number of piperazine rings is 1. The van der Waals surface area contributed by atoms with Crippen molar-refractivity contribution in [3.8, 4) is 11.1 Å². The van der Waals surface area contributed by atoms with E-state index in [1.807, 2.05) is 0 Å². The number of nitrogens with one attached hydrogen (secondary N) is 1. The smallest absolute Gasteiger partial charge is 0.368 e. The molecule has 1 aliphatic heterocycles. The summed E-state index contributed by atoms with van der Waals surface area (Å²) in [6.45, 7) is 4.06. The Morgan fingerprint density at radius 1 is 0.909 bits per heavy atom. The summed E-state index contributed by atoms with van der Waals surface area (Å²) in [6, 6.07) is 17.3. The van der Waals surface area contributed by atoms with Gasteiger partial charge in [-0.2, -0.15) is 13.2 Å². The highest BCUT2D eigenvalue weighted by molar-refractivity contribution is 5.64. The summed E-state index contributed by atoms with van der Waals surface area (Å²) in [5, 5.41) is 3.52. The van der Waals surface area contributed by atoms with E-state index in [1.165, 1.54) is 41.6 Å². The second-order valence-corrected chi connectivity index (χ2v) is 10.0. The van der Waals surface area contributed by atoms with Crippen molar-refractivity contribution in [1.29, 1.82) is 0 Å². The molecule has 3 aliphatic rings. The molecule has 2 unspecified atom stereocenters. The number of halogens is 3. The second kappa shape index (κ2) is 9.54. The van der Waals surface area contributed by atoms with Gasteiger partial charge in [-0.1, -0.05) is 48.5 Å². The van der Waals surface area contributed by atoms with Crippen LogP contribution in [-0.4, -0.2) is 30.7 Å². The van der Waals surface area contributed by atoms with Crippen LogP contribution in [0, 0.1) is 5.92 Å². The molecule has 2 aliphatic carbocycles. The minimum atomic E-state index is -4.05. The molecule has 2 atom stereocenters. The van der Waals surface area contributed by atoms with Gasteiger partial charge in [0.05, 0.1) is 0 Å². The molecular weight excluding hydrogens is 421 g/mol. The highest BCUT2D eigenvalue weighted by Crippen LogP contribution is 2.43. The fourth-order valence-corrected chi connectivity index (χ4v) is 5.69. The van der Waals surface area contributed by atoms with Crippen LogP contribution in [0.5, 0.6) is 0 Å². The van der Waals surface area contributed by atoms with Crippen LogP contribution >= 0.6 is 0 Å². The van der Waals surface area contributed by atoms with Crippen LogP contribution in [0.3, 0.4) is 0 Å². The molecule has 0 aromatic heterocycles. The summed E-state index contributed by atoms with van der Waals surface area (Å²) in [7, 11) is 0. The maximum Gasteiger partial charge on any atom is 0.389 e. The van der Waals surface area contributed by atoms with Crippen molar-refractivity contribution in [2.75, 3.05) is 19.6 Å². The van der Waals surface area contributed by atoms with Gasteiger partial charge in [-0.3, -0.25) is 0 Å². The first-order valence-corrected chi connectivity index (χ1v) is 12.4.